The number of carbonyl (C=O) groups excluding carboxylic acids is 1. The SMILES string of the molecule is Cc1cnc(CNC(=O)[C@@H](N)C(C)(C)C)o1. The van der Waals surface area contributed by atoms with Gasteiger partial charge in [0.2, 0.25) is 11.8 Å². The van der Waals surface area contributed by atoms with Crippen molar-refractivity contribution in [2.24, 2.45) is 11.1 Å². The number of aromatic nitrogens is 1. The van der Waals surface area contributed by atoms with Crippen LogP contribution in [0.3, 0.4) is 0 Å². The lowest BCUT2D eigenvalue weighted by Gasteiger charge is -2.25. The molecule has 1 rings (SSSR count). The van der Waals surface area contributed by atoms with Crippen molar-refractivity contribution in [1.29, 1.82) is 0 Å². The summed E-state index contributed by atoms with van der Waals surface area (Å²) in [7, 11) is 0. The van der Waals surface area contributed by atoms with E-state index in [4.69, 9.17) is 10.2 Å². The first-order chi connectivity index (χ1) is 7.30. The lowest BCUT2D eigenvalue weighted by Crippen LogP contribution is -2.48. The maximum absolute atomic E-state index is 11.7. The Kier molecular flexibility index (Phi) is 3.70. The summed E-state index contributed by atoms with van der Waals surface area (Å²) in [6.45, 7) is 7.85. The van der Waals surface area contributed by atoms with Gasteiger partial charge in [0.1, 0.15) is 5.76 Å². The fraction of sp³-hybridized carbons (Fsp3) is 0.636. The van der Waals surface area contributed by atoms with E-state index in [0.717, 1.165) is 5.76 Å². The summed E-state index contributed by atoms with van der Waals surface area (Å²) in [5, 5.41) is 2.70. The number of rotatable bonds is 3. The van der Waals surface area contributed by atoms with Crippen molar-refractivity contribution in [1.82, 2.24) is 10.3 Å². The summed E-state index contributed by atoms with van der Waals surface area (Å²) in [5.74, 6) is 1.03. The first-order valence-electron chi connectivity index (χ1n) is 5.25. The lowest BCUT2D eigenvalue weighted by molar-refractivity contribution is -0.124. The molecule has 0 spiro atoms. The van der Waals surface area contributed by atoms with Crippen LogP contribution in [0.4, 0.5) is 0 Å². The van der Waals surface area contributed by atoms with Crippen LogP contribution in [0.1, 0.15) is 32.4 Å². The van der Waals surface area contributed by atoms with Gasteiger partial charge in [-0.05, 0) is 12.3 Å². The average Bonchev–Trinajstić information content (AvgIpc) is 2.58. The Bertz CT molecular complexity index is 366. The van der Waals surface area contributed by atoms with Crippen LogP contribution in [0.5, 0.6) is 0 Å². The van der Waals surface area contributed by atoms with E-state index in [1.807, 2.05) is 20.8 Å². The van der Waals surface area contributed by atoms with E-state index >= 15 is 0 Å². The van der Waals surface area contributed by atoms with Crippen LogP contribution in [0.15, 0.2) is 10.6 Å². The molecular formula is C11H19N3O2. The van der Waals surface area contributed by atoms with Gasteiger partial charge in [0.25, 0.3) is 0 Å². The molecule has 3 N–H and O–H groups in total. The Morgan fingerprint density at radius 2 is 2.25 bits per heavy atom. The zero-order valence-corrected chi connectivity index (χ0v) is 10.2. The number of amides is 1. The minimum Gasteiger partial charge on any atom is -0.444 e. The summed E-state index contributed by atoms with van der Waals surface area (Å²) in [6.07, 6.45) is 1.62. The average molecular weight is 225 g/mol. The minimum absolute atomic E-state index is 0.191. The second-order valence-electron chi connectivity index (χ2n) is 4.93. The third kappa shape index (κ3) is 3.34. The molecule has 0 aliphatic rings. The topological polar surface area (TPSA) is 81.2 Å². The van der Waals surface area contributed by atoms with Gasteiger partial charge in [-0.3, -0.25) is 4.79 Å². The molecule has 0 aromatic carbocycles. The Hall–Kier alpha value is -1.36. The van der Waals surface area contributed by atoms with Gasteiger partial charge in [-0.25, -0.2) is 4.98 Å². The van der Waals surface area contributed by atoms with Gasteiger partial charge in [-0.15, -0.1) is 0 Å². The molecule has 1 amide bonds. The molecular weight excluding hydrogens is 206 g/mol. The molecule has 90 valence electrons. The standard InChI is InChI=1S/C11H19N3O2/c1-7-5-13-8(16-7)6-14-10(15)9(12)11(2,3)4/h5,9H,6,12H2,1-4H3,(H,14,15)/t9-/m1/s1. The fourth-order valence-electron chi connectivity index (χ4n) is 1.15. The van der Waals surface area contributed by atoms with Crippen LogP contribution in [-0.2, 0) is 11.3 Å². The van der Waals surface area contributed by atoms with Crippen molar-refractivity contribution < 1.29 is 9.21 Å². The number of oxazole rings is 1. The maximum Gasteiger partial charge on any atom is 0.237 e. The van der Waals surface area contributed by atoms with Crippen molar-refractivity contribution in [3.63, 3.8) is 0 Å². The number of aryl methyl sites for hydroxylation is 1. The largest absolute Gasteiger partial charge is 0.444 e. The Labute approximate surface area is 95.4 Å². The van der Waals surface area contributed by atoms with Crippen LogP contribution in [0.2, 0.25) is 0 Å². The van der Waals surface area contributed by atoms with Crippen molar-refractivity contribution in [2.75, 3.05) is 0 Å². The first kappa shape index (κ1) is 12.7. The monoisotopic (exact) mass is 225 g/mol. The van der Waals surface area contributed by atoms with Gasteiger partial charge in [0.15, 0.2) is 0 Å². The van der Waals surface area contributed by atoms with Crippen LogP contribution in [-0.4, -0.2) is 16.9 Å². The zero-order valence-electron chi connectivity index (χ0n) is 10.2. The molecule has 1 atom stereocenters. The van der Waals surface area contributed by atoms with Gasteiger partial charge < -0.3 is 15.5 Å². The van der Waals surface area contributed by atoms with E-state index in [1.54, 1.807) is 13.1 Å². The quantitative estimate of drug-likeness (QED) is 0.803. The van der Waals surface area contributed by atoms with Gasteiger partial charge in [0.05, 0.1) is 18.8 Å². The highest BCUT2D eigenvalue weighted by molar-refractivity contribution is 5.82. The number of hydrogen-bond acceptors (Lipinski definition) is 4. The maximum atomic E-state index is 11.7. The van der Waals surface area contributed by atoms with Crippen molar-refractivity contribution in [3.05, 3.63) is 17.8 Å². The molecule has 0 radical (unpaired) electrons. The molecule has 0 saturated heterocycles. The molecule has 1 aromatic rings. The molecule has 0 unspecified atom stereocenters. The first-order valence-corrected chi connectivity index (χ1v) is 5.25. The van der Waals surface area contributed by atoms with E-state index < -0.39 is 6.04 Å². The highest BCUT2D eigenvalue weighted by atomic mass is 16.4. The van der Waals surface area contributed by atoms with Gasteiger partial charge in [0, 0.05) is 0 Å². The number of nitrogens with two attached hydrogens (primary N) is 1. The number of carbonyl (C=O) groups is 1. The van der Waals surface area contributed by atoms with Gasteiger partial charge in [-0.2, -0.15) is 0 Å². The smallest absolute Gasteiger partial charge is 0.237 e. The predicted molar refractivity (Wildman–Crippen MR) is 60.5 cm³/mol. The Balaban J connectivity index is 2.47. The van der Waals surface area contributed by atoms with Crippen molar-refractivity contribution in [2.45, 2.75) is 40.3 Å². The highest BCUT2D eigenvalue weighted by Crippen LogP contribution is 2.17. The third-order valence-corrected chi connectivity index (χ3v) is 2.30. The van der Waals surface area contributed by atoms with E-state index in [-0.39, 0.29) is 17.9 Å². The van der Waals surface area contributed by atoms with Crippen LogP contribution in [0, 0.1) is 12.3 Å². The van der Waals surface area contributed by atoms with Gasteiger partial charge in [-0.1, -0.05) is 20.8 Å². The Morgan fingerprint density at radius 3 is 2.69 bits per heavy atom. The van der Waals surface area contributed by atoms with Gasteiger partial charge >= 0.3 is 0 Å². The molecule has 0 aliphatic heterocycles. The molecule has 0 fully saturated rings. The summed E-state index contributed by atoms with van der Waals surface area (Å²) >= 11 is 0. The van der Waals surface area contributed by atoms with Crippen molar-refractivity contribution in [3.8, 4) is 0 Å². The fourth-order valence-corrected chi connectivity index (χ4v) is 1.15. The summed E-state index contributed by atoms with van der Waals surface area (Å²) in [6, 6.07) is -0.538. The summed E-state index contributed by atoms with van der Waals surface area (Å²) < 4.78 is 5.23. The molecule has 0 bridgehead atoms. The summed E-state index contributed by atoms with van der Waals surface area (Å²) in [5.41, 5.74) is 5.55. The molecule has 5 nitrogen and oxygen atoms in total. The number of hydrogen-bond donors (Lipinski definition) is 2. The lowest BCUT2D eigenvalue weighted by atomic mass is 9.87. The minimum atomic E-state index is -0.538. The second-order valence-corrected chi connectivity index (χ2v) is 4.93. The molecule has 16 heavy (non-hydrogen) atoms. The molecule has 1 heterocycles. The normalized spacial score (nSPS) is 13.6. The second kappa shape index (κ2) is 4.65. The number of nitrogens with zero attached hydrogens (tertiary/aromatic N) is 1. The van der Waals surface area contributed by atoms with E-state index in [2.05, 4.69) is 10.3 Å². The molecule has 0 aliphatic carbocycles. The summed E-state index contributed by atoms with van der Waals surface area (Å²) in [4.78, 5) is 15.7. The van der Waals surface area contributed by atoms with E-state index in [0.29, 0.717) is 5.89 Å². The number of nitrogens with one attached hydrogen (secondary N) is 1. The molecule has 5 heteroatoms. The van der Waals surface area contributed by atoms with E-state index in [1.165, 1.54) is 0 Å². The predicted octanol–water partition coefficient (Wildman–Crippen LogP) is 0.973. The molecule has 1 aromatic heterocycles. The van der Waals surface area contributed by atoms with E-state index in [9.17, 15) is 4.79 Å². The molecule has 0 saturated carbocycles. The van der Waals surface area contributed by atoms with Crippen LogP contribution in [0.25, 0.3) is 0 Å². The zero-order chi connectivity index (χ0) is 12.3. The Morgan fingerprint density at radius 1 is 1.62 bits per heavy atom. The highest BCUT2D eigenvalue weighted by Gasteiger charge is 2.27. The van der Waals surface area contributed by atoms with Crippen LogP contribution < -0.4 is 11.1 Å². The third-order valence-electron chi connectivity index (χ3n) is 2.30. The van der Waals surface area contributed by atoms with Crippen LogP contribution >= 0.6 is 0 Å². The van der Waals surface area contributed by atoms with Crippen molar-refractivity contribution >= 4 is 5.91 Å².